The number of carbonyl (C=O) groups is 1. The molecule has 1 saturated carbocycles. The van der Waals surface area contributed by atoms with Crippen molar-refractivity contribution in [2.75, 3.05) is 26.2 Å². The van der Waals surface area contributed by atoms with Crippen molar-refractivity contribution < 1.29 is 9.53 Å². The molecular weight excluding hydrogens is 280 g/mol. The Morgan fingerprint density at radius 3 is 2.82 bits per heavy atom. The van der Waals surface area contributed by atoms with Gasteiger partial charge in [-0.3, -0.25) is 4.98 Å². The molecule has 1 saturated heterocycles. The Balaban J connectivity index is 1.63. The van der Waals surface area contributed by atoms with E-state index in [0.717, 1.165) is 39.0 Å². The fourth-order valence-electron chi connectivity index (χ4n) is 3.15. The minimum atomic E-state index is -0.269. The number of hydrogen-bond donors (Lipinski definition) is 2. The number of nitrogens with zero attached hydrogens (tertiary/aromatic N) is 2. The molecule has 1 aliphatic carbocycles. The van der Waals surface area contributed by atoms with E-state index >= 15 is 0 Å². The lowest BCUT2D eigenvalue weighted by molar-refractivity contribution is 0.0965. The van der Waals surface area contributed by atoms with Crippen molar-refractivity contribution in [2.24, 2.45) is 5.92 Å². The van der Waals surface area contributed by atoms with Gasteiger partial charge in [0.05, 0.1) is 6.20 Å². The number of piperazine rings is 1. The Morgan fingerprint density at radius 2 is 2.14 bits per heavy atom. The average Bonchev–Trinajstić information content (AvgIpc) is 3.10. The second-order valence-electron chi connectivity index (χ2n) is 5.96. The highest BCUT2D eigenvalue weighted by molar-refractivity contribution is 5.74. The first-order chi connectivity index (χ1) is 10.8. The smallest absolute Gasteiger partial charge is 0.320 e. The molecule has 0 radical (unpaired) electrons. The molecule has 1 aromatic heterocycles. The lowest BCUT2D eigenvalue weighted by Crippen LogP contribution is -2.54. The summed E-state index contributed by atoms with van der Waals surface area (Å²) in [7, 11) is 0. The highest BCUT2D eigenvalue weighted by Gasteiger charge is 2.29. The van der Waals surface area contributed by atoms with Crippen molar-refractivity contribution in [1.29, 1.82) is 0 Å². The van der Waals surface area contributed by atoms with Gasteiger partial charge < -0.3 is 20.3 Å². The molecule has 2 N–H and O–H groups in total. The van der Waals surface area contributed by atoms with Crippen molar-refractivity contribution >= 4 is 6.03 Å². The van der Waals surface area contributed by atoms with Gasteiger partial charge >= 0.3 is 6.03 Å². The third kappa shape index (κ3) is 3.88. The summed E-state index contributed by atoms with van der Waals surface area (Å²) in [5.41, 5.74) is 0. The number of amides is 2. The molecule has 3 rings (SSSR count). The van der Waals surface area contributed by atoms with E-state index in [1.54, 1.807) is 12.4 Å². The van der Waals surface area contributed by atoms with Gasteiger partial charge in [-0.05, 0) is 25.0 Å². The zero-order chi connectivity index (χ0) is 15.2. The summed E-state index contributed by atoms with van der Waals surface area (Å²) in [6.07, 6.45) is 7.77. The van der Waals surface area contributed by atoms with Gasteiger partial charge in [0.25, 0.3) is 0 Å². The van der Waals surface area contributed by atoms with E-state index in [4.69, 9.17) is 4.74 Å². The largest absolute Gasteiger partial charge is 0.469 e. The predicted octanol–water partition coefficient (Wildman–Crippen LogP) is 1.59. The summed E-state index contributed by atoms with van der Waals surface area (Å²) in [5, 5.41) is 6.34. The van der Waals surface area contributed by atoms with Crippen LogP contribution in [-0.4, -0.2) is 48.3 Å². The molecule has 0 bridgehead atoms. The highest BCUT2D eigenvalue weighted by Crippen LogP contribution is 2.29. The summed E-state index contributed by atoms with van der Waals surface area (Å²) in [6, 6.07) is 3.70. The number of urea groups is 1. The molecule has 6 heteroatoms. The zero-order valence-corrected chi connectivity index (χ0v) is 12.8. The molecule has 6 nitrogen and oxygen atoms in total. The number of nitrogens with one attached hydrogen (secondary N) is 2. The number of ether oxygens (including phenoxy) is 1. The summed E-state index contributed by atoms with van der Waals surface area (Å²) < 4.78 is 6.02. The molecule has 22 heavy (non-hydrogen) atoms. The number of aromatic nitrogens is 1. The average molecular weight is 304 g/mol. The quantitative estimate of drug-likeness (QED) is 0.829. The number of carbonyl (C=O) groups excluding carboxylic acids is 1. The first kappa shape index (κ1) is 15.1. The van der Waals surface area contributed by atoms with Gasteiger partial charge in [0, 0.05) is 38.3 Å². The molecular formula is C16H24N4O2. The minimum Gasteiger partial charge on any atom is -0.469 e. The van der Waals surface area contributed by atoms with E-state index in [-0.39, 0.29) is 12.3 Å². The van der Waals surface area contributed by atoms with Crippen LogP contribution in [0.15, 0.2) is 24.5 Å². The summed E-state index contributed by atoms with van der Waals surface area (Å²) in [5.74, 6) is 1.09. The number of pyridine rings is 1. The van der Waals surface area contributed by atoms with Gasteiger partial charge in [0.15, 0.2) is 6.23 Å². The third-order valence-corrected chi connectivity index (χ3v) is 4.40. The lowest BCUT2D eigenvalue weighted by atomic mass is 10.1. The van der Waals surface area contributed by atoms with Crippen LogP contribution in [0.25, 0.3) is 0 Å². The van der Waals surface area contributed by atoms with Crippen LogP contribution < -0.4 is 15.4 Å². The standard InChI is InChI=1S/C16H24N4O2/c21-16(20-10-8-17-9-11-20)19-15(13-4-1-2-5-13)22-14-6-3-7-18-12-14/h3,6-7,12-13,15,17H,1-2,4-5,8-11H2,(H,19,21). The van der Waals surface area contributed by atoms with E-state index in [1.165, 1.54) is 12.8 Å². The first-order valence-electron chi connectivity index (χ1n) is 8.16. The fourth-order valence-corrected chi connectivity index (χ4v) is 3.15. The second kappa shape index (κ2) is 7.45. The van der Waals surface area contributed by atoms with Crippen molar-refractivity contribution in [3.05, 3.63) is 24.5 Å². The lowest BCUT2D eigenvalue weighted by Gasteiger charge is -2.31. The Morgan fingerprint density at radius 1 is 1.36 bits per heavy atom. The van der Waals surface area contributed by atoms with Gasteiger partial charge in [-0.15, -0.1) is 0 Å². The second-order valence-corrected chi connectivity index (χ2v) is 5.96. The van der Waals surface area contributed by atoms with Crippen LogP contribution >= 0.6 is 0 Å². The molecule has 120 valence electrons. The van der Waals surface area contributed by atoms with Crippen LogP contribution in [0.1, 0.15) is 25.7 Å². The van der Waals surface area contributed by atoms with Gasteiger partial charge in [-0.2, -0.15) is 0 Å². The monoisotopic (exact) mass is 304 g/mol. The Kier molecular flexibility index (Phi) is 5.11. The molecule has 1 atom stereocenters. The predicted molar refractivity (Wildman–Crippen MR) is 83.6 cm³/mol. The number of hydrogen-bond acceptors (Lipinski definition) is 4. The van der Waals surface area contributed by atoms with E-state index in [0.29, 0.717) is 11.7 Å². The van der Waals surface area contributed by atoms with E-state index in [9.17, 15) is 4.79 Å². The summed E-state index contributed by atoms with van der Waals surface area (Å²) in [6.45, 7) is 3.20. The molecule has 2 amide bonds. The van der Waals surface area contributed by atoms with E-state index in [2.05, 4.69) is 15.6 Å². The highest BCUT2D eigenvalue weighted by atomic mass is 16.5. The fraction of sp³-hybridized carbons (Fsp3) is 0.625. The topological polar surface area (TPSA) is 66.5 Å². The minimum absolute atomic E-state index is 0.0257. The van der Waals surface area contributed by atoms with Crippen LogP contribution in [0.4, 0.5) is 4.79 Å². The maximum absolute atomic E-state index is 12.4. The Hall–Kier alpha value is -1.82. The molecule has 1 unspecified atom stereocenters. The van der Waals surface area contributed by atoms with Crippen LogP contribution in [0, 0.1) is 5.92 Å². The SMILES string of the molecule is O=C(NC(Oc1cccnc1)C1CCCC1)N1CCNCC1. The van der Waals surface area contributed by atoms with E-state index < -0.39 is 0 Å². The van der Waals surface area contributed by atoms with Gasteiger partial charge in [-0.1, -0.05) is 12.8 Å². The molecule has 2 heterocycles. The van der Waals surface area contributed by atoms with Crippen molar-refractivity contribution in [3.63, 3.8) is 0 Å². The number of rotatable bonds is 4. The van der Waals surface area contributed by atoms with Crippen LogP contribution in [-0.2, 0) is 0 Å². The van der Waals surface area contributed by atoms with Crippen LogP contribution in [0.2, 0.25) is 0 Å². The maximum atomic E-state index is 12.4. The molecule has 0 spiro atoms. The van der Waals surface area contributed by atoms with Crippen molar-refractivity contribution in [1.82, 2.24) is 20.5 Å². The summed E-state index contributed by atoms with van der Waals surface area (Å²) in [4.78, 5) is 18.4. The van der Waals surface area contributed by atoms with Crippen LogP contribution in [0.5, 0.6) is 5.75 Å². The van der Waals surface area contributed by atoms with Gasteiger partial charge in [0.2, 0.25) is 0 Å². The maximum Gasteiger partial charge on any atom is 0.320 e. The van der Waals surface area contributed by atoms with Gasteiger partial charge in [0.1, 0.15) is 5.75 Å². The van der Waals surface area contributed by atoms with Gasteiger partial charge in [-0.25, -0.2) is 4.79 Å². The molecule has 0 aromatic carbocycles. The van der Waals surface area contributed by atoms with E-state index in [1.807, 2.05) is 17.0 Å². The molecule has 2 fully saturated rings. The molecule has 1 aromatic rings. The summed E-state index contributed by atoms with van der Waals surface area (Å²) >= 11 is 0. The van der Waals surface area contributed by atoms with Crippen LogP contribution in [0.3, 0.4) is 0 Å². The molecule has 1 aliphatic heterocycles. The van der Waals surface area contributed by atoms with Crippen molar-refractivity contribution in [2.45, 2.75) is 31.9 Å². The third-order valence-electron chi connectivity index (χ3n) is 4.40. The zero-order valence-electron chi connectivity index (χ0n) is 12.8. The Bertz CT molecular complexity index is 470. The molecule has 2 aliphatic rings. The normalized spacial score (nSPS) is 20.6. The first-order valence-corrected chi connectivity index (χ1v) is 8.16. The Labute approximate surface area is 131 Å². The van der Waals surface area contributed by atoms with Crippen molar-refractivity contribution in [3.8, 4) is 5.75 Å².